The molecule has 3 nitrogen and oxygen atoms in total. The third-order valence-electron chi connectivity index (χ3n) is 2.72. The number of hydrogen-bond acceptors (Lipinski definition) is 3. The number of benzene rings is 1. The molecule has 1 unspecified atom stereocenters. The van der Waals surface area contributed by atoms with E-state index in [9.17, 15) is 8.42 Å². The van der Waals surface area contributed by atoms with E-state index in [1.807, 2.05) is 12.1 Å². The summed E-state index contributed by atoms with van der Waals surface area (Å²) in [5.41, 5.74) is 0.973. The molecule has 0 saturated carbocycles. The van der Waals surface area contributed by atoms with Gasteiger partial charge in [-0.2, -0.15) is 0 Å². The molecule has 17 heavy (non-hydrogen) atoms. The lowest BCUT2D eigenvalue weighted by molar-refractivity contribution is 0.551. The van der Waals surface area contributed by atoms with Gasteiger partial charge in [0.2, 0.25) is 0 Å². The second-order valence-electron chi connectivity index (χ2n) is 4.57. The molecule has 0 aromatic heterocycles. The average Bonchev–Trinajstić information content (AvgIpc) is 2.26. The average molecular weight is 255 g/mol. The van der Waals surface area contributed by atoms with Gasteiger partial charge in [0.15, 0.2) is 9.84 Å². The minimum absolute atomic E-state index is 0.365. The maximum atomic E-state index is 11.3. The molecule has 1 N–H and O–H groups in total. The third-order valence-corrected chi connectivity index (χ3v) is 3.85. The summed E-state index contributed by atoms with van der Waals surface area (Å²) in [6, 6.07) is 6.91. The van der Waals surface area contributed by atoms with E-state index in [0.29, 0.717) is 10.8 Å². The Kier molecular flexibility index (Phi) is 5.00. The van der Waals surface area contributed by atoms with Crippen LogP contribution in [0, 0.1) is 5.92 Å². The van der Waals surface area contributed by atoms with Crippen LogP contribution in [0.4, 0.5) is 5.69 Å². The number of hydrogen-bond donors (Lipinski definition) is 1. The van der Waals surface area contributed by atoms with Gasteiger partial charge in [0.1, 0.15) is 0 Å². The molecule has 0 fully saturated rings. The van der Waals surface area contributed by atoms with Crippen LogP contribution in [0.25, 0.3) is 0 Å². The molecule has 1 atom stereocenters. The highest BCUT2D eigenvalue weighted by molar-refractivity contribution is 7.90. The zero-order chi connectivity index (χ0) is 12.9. The van der Waals surface area contributed by atoms with Crippen molar-refractivity contribution in [2.45, 2.75) is 31.6 Å². The largest absolute Gasteiger partial charge is 0.385 e. The molecule has 0 bridgehead atoms. The van der Waals surface area contributed by atoms with Gasteiger partial charge in [-0.3, -0.25) is 0 Å². The Morgan fingerprint density at radius 2 is 1.82 bits per heavy atom. The van der Waals surface area contributed by atoms with E-state index in [1.165, 1.54) is 19.1 Å². The Balaban J connectivity index is 2.57. The van der Waals surface area contributed by atoms with E-state index in [-0.39, 0.29) is 0 Å². The van der Waals surface area contributed by atoms with Crippen LogP contribution >= 0.6 is 0 Å². The summed E-state index contributed by atoms with van der Waals surface area (Å²) in [6.07, 6.45) is 3.61. The fraction of sp³-hybridized carbons (Fsp3) is 0.538. The first kappa shape index (κ1) is 14.0. The van der Waals surface area contributed by atoms with E-state index >= 15 is 0 Å². The standard InChI is InChI=1S/C13H21NO2S/c1-4-5-11(2)10-14-12-6-8-13(9-7-12)17(3,15)16/h6-9,11,14H,4-5,10H2,1-3H3. The van der Waals surface area contributed by atoms with Crippen LogP contribution in [-0.4, -0.2) is 21.2 Å². The summed E-state index contributed by atoms with van der Waals surface area (Å²) in [5.74, 6) is 0.634. The minimum atomic E-state index is -3.09. The van der Waals surface area contributed by atoms with Gasteiger partial charge in [-0.1, -0.05) is 20.3 Å². The van der Waals surface area contributed by atoms with Crippen molar-refractivity contribution in [2.24, 2.45) is 5.92 Å². The molecular formula is C13H21NO2S. The molecular weight excluding hydrogens is 234 g/mol. The number of sulfone groups is 1. The summed E-state index contributed by atoms with van der Waals surface area (Å²) in [6.45, 7) is 5.31. The molecule has 0 saturated heterocycles. The zero-order valence-electron chi connectivity index (χ0n) is 10.7. The van der Waals surface area contributed by atoms with Crippen molar-refractivity contribution in [2.75, 3.05) is 18.1 Å². The molecule has 0 amide bonds. The van der Waals surface area contributed by atoms with Crippen molar-refractivity contribution in [3.8, 4) is 0 Å². The summed E-state index contributed by atoms with van der Waals surface area (Å²) < 4.78 is 22.6. The molecule has 4 heteroatoms. The first-order valence-electron chi connectivity index (χ1n) is 5.97. The van der Waals surface area contributed by atoms with Crippen LogP contribution in [0.2, 0.25) is 0 Å². The van der Waals surface area contributed by atoms with Crippen LogP contribution in [0.3, 0.4) is 0 Å². The molecule has 1 aromatic rings. The summed E-state index contributed by atoms with van der Waals surface area (Å²) in [7, 11) is -3.09. The number of rotatable bonds is 6. The molecule has 1 rings (SSSR count). The lowest BCUT2D eigenvalue weighted by Gasteiger charge is -2.12. The molecule has 0 aliphatic carbocycles. The summed E-state index contributed by atoms with van der Waals surface area (Å²) >= 11 is 0. The fourth-order valence-corrected chi connectivity index (χ4v) is 2.34. The zero-order valence-corrected chi connectivity index (χ0v) is 11.5. The normalized spacial score (nSPS) is 13.4. The topological polar surface area (TPSA) is 46.2 Å². The maximum Gasteiger partial charge on any atom is 0.175 e. The maximum absolute atomic E-state index is 11.3. The minimum Gasteiger partial charge on any atom is -0.385 e. The van der Waals surface area contributed by atoms with Crippen molar-refractivity contribution in [3.05, 3.63) is 24.3 Å². The van der Waals surface area contributed by atoms with Crippen LogP contribution in [0.5, 0.6) is 0 Å². The SMILES string of the molecule is CCCC(C)CNc1ccc(S(C)(=O)=O)cc1. The van der Waals surface area contributed by atoms with Crippen molar-refractivity contribution < 1.29 is 8.42 Å². The van der Waals surface area contributed by atoms with Crippen molar-refractivity contribution >= 4 is 15.5 Å². The second kappa shape index (κ2) is 6.05. The van der Waals surface area contributed by atoms with E-state index in [2.05, 4.69) is 19.2 Å². The molecule has 0 spiro atoms. The van der Waals surface area contributed by atoms with Crippen LogP contribution in [0.1, 0.15) is 26.7 Å². The third kappa shape index (κ3) is 4.77. The molecule has 0 aliphatic rings. The second-order valence-corrected chi connectivity index (χ2v) is 6.59. The van der Waals surface area contributed by atoms with Crippen molar-refractivity contribution in [1.29, 1.82) is 0 Å². The first-order valence-corrected chi connectivity index (χ1v) is 7.86. The number of nitrogens with one attached hydrogen (secondary N) is 1. The first-order chi connectivity index (χ1) is 7.93. The lowest BCUT2D eigenvalue weighted by atomic mass is 10.1. The van der Waals surface area contributed by atoms with Crippen LogP contribution in [0.15, 0.2) is 29.2 Å². The van der Waals surface area contributed by atoms with E-state index in [1.54, 1.807) is 12.1 Å². The van der Waals surface area contributed by atoms with Gasteiger partial charge >= 0.3 is 0 Å². The lowest BCUT2D eigenvalue weighted by Crippen LogP contribution is -2.11. The highest BCUT2D eigenvalue weighted by Crippen LogP contribution is 2.15. The predicted octanol–water partition coefficient (Wildman–Crippen LogP) is 2.94. The van der Waals surface area contributed by atoms with Gasteiger partial charge in [-0.25, -0.2) is 8.42 Å². The summed E-state index contributed by atoms with van der Waals surface area (Å²) in [4.78, 5) is 0.365. The Bertz CT molecular complexity index is 437. The monoisotopic (exact) mass is 255 g/mol. The van der Waals surface area contributed by atoms with Gasteiger partial charge in [0.05, 0.1) is 4.90 Å². The predicted molar refractivity (Wildman–Crippen MR) is 72.1 cm³/mol. The van der Waals surface area contributed by atoms with Crippen LogP contribution < -0.4 is 5.32 Å². The van der Waals surface area contributed by atoms with E-state index in [0.717, 1.165) is 12.2 Å². The van der Waals surface area contributed by atoms with Gasteiger partial charge in [0.25, 0.3) is 0 Å². The van der Waals surface area contributed by atoms with E-state index in [4.69, 9.17) is 0 Å². The van der Waals surface area contributed by atoms with Crippen molar-refractivity contribution in [1.82, 2.24) is 0 Å². The number of anilines is 1. The Morgan fingerprint density at radius 1 is 1.24 bits per heavy atom. The molecule has 0 radical (unpaired) electrons. The molecule has 1 aromatic carbocycles. The highest BCUT2D eigenvalue weighted by atomic mass is 32.2. The van der Waals surface area contributed by atoms with Crippen molar-refractivity contribution in [3.63, 3.8) is 0 Å². The van der Waals surface area contributed by atoms with Gasteiger partial charge in [-0.05, 0) is 36.6 Å². The van der Waals surface area contributed by atoms with Gasteiger partial charge in [0, 0.05) is 18.5 Å². The fourth-order valence-electron chi connectivity index (χ4n) is 1.71. The van der Waals surface area contributed by atoms with Gasteiger partial charge < -0.3 is 5.32 Å². The smallest absolute Gasteiger partial charge is 0.175 e. The molecule has 0 heterocycles. The highest BCUT2D eigenvalue weighted by Gasteiger charge is 2.06. The van der Waals surface area contributed by atoms with Gasteiger partial charge in [-0.15, -0.1) is 0 Å². The Hall–Kier alpha value is -1.03. The van der Waals surface area contributed by atoms with E-state index < -0.39 is 9.84 Å². The molecule has 96 valence electrons. The van der Waals surface area contributed by atoms with Crippen LogP contribution in [-0.2, 0) is 9.84 Å². The Morgan fingerprint density at radius 3 is 2.29 bits per heavy atom. The summed E-state index contributed by atoms with van der Waals surface area (Å²) in [5, 5.41) is 3.31. The quantitative estimate of drug-likeness (QED) is 0.850. The molecule has 0 aliphatic heterocycles. The Labute approximate surface area is 104 Å².